The van der Waals surface area contributed by atoms with E-state index in [1.807, 2.05) is 42.7 Å². The standard InChI is InChI=1S/C20H37ClO2.C5H5N.C4H5N/c1-4-6-7-8-9-10-11-12-13-14-15-16-17-18-20(3,21)23-19(22)5-2;1-2-4-6-5-3-1;1-2-4-5-3-1/h5H,2,4,6-18H2,1,3H3;1-5H;1-5H. The number of alkyl halides is 1. The van der Waals surface area contributed by atoms with Crippen molar-refractivity contribution >= 4 is 17.6 Å². The summed E-state index contributed by atoms with van der Waals surface area (Å²) in [6.45, 7) is 7.39. The smallest absolute Gasteiger partial charge is 0.331 e. The van der Waals surface area contributed by atoms with E-state index in [-0.39, 0.29) is 0 Å². The summed E-state index contributed by atoms with van der Waals surface area (Å²) in [4.78, 5) is 17.8. The Hall–Kier alpha value is -2.07. The van der Waals surface area contributed by atoms with Crippen LogP contribution < -0.4 is 0 Å². The highest BCUT2D eigenvalue weighted by Crippen LogP contribution is 2.24. The van der Waals surface area contributed by atoms with E-state index >= 15 is 0 Å². The van der Waals surface area contributed by atoms with Crippen molar-refractivity contribution in [3.8, 4) is 0 Å². The Morgan fingerprint density at radius 1 is 0.853 bits per heavy atom. The van der Waals surface area contributed by atoms with Crippen LogP contribution in [0.1, 0.15) is 104 Å². The largest absolute Gasteiger partial charge is 0.440 e. The fourth-order valence-corrected chi connectivity index (χ4v) is 3.56. The summed E-state index contributed by atoms with van der Waals surface area (Å²) in [5, 5.41) is -0.886. The predicted octanol–water partition coefficient (Wildman–Crippen LogP) is 9.25. The number of pyridine rings is 1. The van der Waals surface area contributed by atoms with Crippen LogP contribution in [0.25, 0.3) is 0 Å². The van der Waals surface area contributed by atoms with E-state index in [1.54, 1.807) is 19.3 Å². The Bertz CT molecular complexity index is 616. The van der Waals surface area contributed by atoms with Gasteiger partial charge in [0.1, 0.15) is 0 Å². The zero-order valence-corrected chi connectivity index (χ0v) is 22.3. The zero-order valence-electron chi connectivity index (χ0n) is 21.5. The zero-order chi connectivity index (χ0) is 25.2. The molecule has 0 bridgehead atoms. The summed E-state index contributed by atoms with van der Waals surface area (Å²) in [7, 11) is 0. The van der Waals surface area contributed by atoms with Gasteiger partial charge in [-0.25, -0.2) is 4.79 Å². The van der Waals surface area contributed by atoms with Crippen molar-refractivity contribution in [2.75, 3.05) is 0 Å². The molecule has 0 aliphatic heterocycles. The number of rotatable bonds is 16. The van der Waals surface area contributed by atoms with Crippen LogP contribution in [0.3, 0.4) is 0 Å². The molecule has 0 saturated heterocycles. The minimum atomic E-state index is -0.886. The molecular formula is C29H47ClN2O2. The number of aromatic nitrogens is 2. The van der Waals surface area contributed by atoms with Gasteiger partial charge in [0.05, 0.1) is 0 Å². The van der Waals surface area contributed by atoms with Gasteiger partial charge in [0.25, 0.3) is 0 Å². The van der Waals surface area contributed by atoms with Gasteiger partial charge in [-0.1, -0.05) is 108 Å². The predicted molar refractivity (Wildman–Crippen MR) is 146 cm³/mol. The van der Waals surface area contributed by atoms with Gasteiger partial charge in [-0.3, -0.25) is 4.98 Å². The van der Waals surface area contributed by atoms with Crippen molar-refractivity contribution in [2.24, 2.45) is 0 Å². The van der Waals surface area contributed by atoms with Gasteiger partial charge in [0.15, 0.2) is 5.06 Å². The molecule has 34 heavy (non-hydrogen) atoms. The maximum absolute atomic E-state index is 11.1. The second kappa shape index (κ2) is 24.1. The molecule has 0 spiro atoms. The second-order valence-corrected chi connectivity index (χ2v) is 9.43. The van der Waals surface area contributed by atoms with E-state index in [2.05, 4.69) is 23.5 Å². The van der Waals surface area contributed by atoms with Crippen molar-refractivity contribution in [3.05, 3.63) is 67.8 Å². The molecule has 4 nitrogen and oxygen atoms in total. The summed E-state index contributed by atoms with van der Waals surface area (Å²) in [5.74, 6) is -0.447. The van der Waals surface area contributed by atoms with E-state index in [0.717, 1.165) is 18.9 Å². The molecular weight excluding hydrogens is 444 g/mol. The van der Waals surface area contributed by atoms with E-state index in [4.69, 9.17) is 16.3 Å². The molecule has 2 aromatic heterocycles. The molecule has 2 aromatic rings. The Morgan fingerprint density at radius 2 is 1.32 bits per heavy atom. The van der Waals surface area contributed by atoms with Crippen LogP contribution in [0.15, 0.2) is 67.8 Å². The normalized spacial score (nSPS) is 11.7. The summed E-state index contributed by atoms with van der Waals surface area (Å²) in [6.07, 6.45) is 26.3. The van der Waals surface area contributed by atoms with Crippen molar-refractivity contribution in [1.29, 1.82) is 0 Å². The van der Waals surface area contributed by atoms with Gasteiger partial charge in [-0.15, -0.1) is 0 Å². The molecule has 192 valence electrons. The summed E-state index contributed by atoms with van der Waals surface area (Å²) < 4.78 is 5.10. The van der Waals surface area contributed by atoms with Crippen LogP contribution in [0.5, 0.6) is 0 Å². The minimum Gasteiger partial charge on any atom is -0.440 e. The molecule has 0 saturated carbocycles. The number of ether oxygens (including phenoxy) is 1. The Labute approximate surface area is 213 Å². The molecule has 0 amide bonds. The number of hydrogen-bond donors (Lipinski definition) is 1. The molecule has 1 N–H and O–H groups in total. The molecule has 0 radical (unpaired) electrons. The Balaban J connectivity index is 0.000000788. The summed E-state index contributed by atoms with van der Waals surface area (Å²) in [6, 6.07) is 9.60. The average Bonchev–Trinajstić information content (AvgIpc) is 3.43. The second-order valence-electron chi connectivity index (χ2n) is 8.63. The van der Waals surface area contributed by atoms with Crippen molar-refractivity contribution in [3.63, 3.8) is 0 Å². The Morgan fingerprint density at radius 3 is 1.65 bits per heavy atom. The lowest BCUT2D eigenvalue weighted by Gasteiger charge is -2.21. The number of carbonyl (C=O) groups excluding carboxylic acids is 1. The fraction of sp³-hybridized carbons (Fsp3) is 0.586. The third-order valence-corrected chi connectivity index (χ3v) is 5.54. The monoisotopic (exact) mass is 490 g/mol. The van der Waals surface area contributed by atoms with Crippen molar-refractivity contribution in [2.45, 2.75) is 109 Å². The SMILES string of the molecule is C=CC(=O)OC(C)(Cl)CCCCCCCCCCCCCCC.c1cc[nH]c1.c1ccncc1. The molecule has 1 atom stereocenters. The quantitative estimate of drug-likeness (QED) is 0.110. The van der Waals surface area contributed by atoms with Crippen LogP contribution in [-0.4, -0.2) is 21.0 Å². The van der Waals surface area contributed by atoms with E-state index in [0.29, 0.717) is 6.42 Å². The highest BCUT2D eigenvalue weighted by atomic mass is 35.5. The lowest BCUT2D eigenvalue weighted by Crippen LogP contribution is -2.24. The molecule has 0 aliphatic rings. The number of carbonyl (C=O) groups is 1. The molecule has 2 rings (SSSR count). The number of aromatic amines is 1. The lowest BCUT2D eigenvalue weighted by atomic mass is 10.0. The molecule has 0 fully saturated rings. The van der Waals surface area contributed by atoms with E-state index in [1.165, 1.54) is 70.6 Å². The topological polar surface area (TPSA) is 55.0 Å². The number of hydrogen-bond acceptors (Lipinski definition) is 3. The molecule has 0 aromatic carbocycles. The summed E-state index contributed by atoms with van der Waals surface area (Å²) >= 11 is 6.16. The molecule has 2 heterocycles. The van der Waals surface area contributed by atoms with Gasteiger partial charge in [0.2, 0.25) is 0 Å². The third-order valence-electron chi connectivity index (χ3n) is 5.27. The maximum Gasteiger partial charge on any atom is 0.331 e. The first-order chi connectivity index (χ1) is 16.5. The number of halogens is 1. The highest BCUT2D eigenvalue weighted by molar-refractivity contribution is 6.23. The molecule has 1 unspecified atom stereocenters. The van der Waals surface area contributed by atoms with Crippen LogP contribution in [-0.2, 0) is 9.53 Å². The summed E-state index contributed by atoms with van der Waals surface area (Å²) in [5.41, 5.74) is 0. The van der Waals surface area contributed by atoms with Crippen LogP contribution in [0, 0.1) is 0 Å². The number of unbranched alkanes of at least 4 members (excludes halogenated alkanes) is 12. The van der Waals surface area contributed by atoms with Gasteiger partial charge >= 0.3 is 5.97 Å². The number of nitrogens with one attached hydrogen (secondary N) is 1. The first-order valence-electron chi connectivity index (χ1n) is 13.0. The van der Waals surface area contributed by atoms with Crippen LogP contribution in [0.2, 0.25) is 0 Å². The maximum atomic E-state index is 11.1. The minimum absolute atomic E-state index is 0.447. The van der Waals surface area contributed by atoms with E-state index in [9.17, 15) is 4.79 Å². The lowest BCUT2D eigenvalue weighted by molar-refractivity contribution is -0.145. The van der Waals surface area contributed by atoms with Crippen LogP contribution in [0.4, 0.5) is 0 Å². The first kappa shape index (κ1) is 31.9. The van der Waals surface area contributed by atoms with Crippen LogP contribution >= 0.6 is 11.6 Å². The van der Waals surface area contributed by atoms with Gasteiger partial charge in [-0.2, -0.15) is 0 Å². The fourth-order valence-electron chi connectivity index (χ4n) is 3.35. The van der Waals surface area contributed by atoms with Gasteiger partial charge in [-0.05, 0) is 37.6 Å². The third kappa shape index (κ3) is 24.6. The Kier molecular flexibility index (Phi) is 22.6. The molecule has 5 heteroatoms. The highest BCUT2D eigenvalue weighted by Gasteiger charge is 2.23. The van der Waals surface area contributed by atoms with Crippen molar-refractivity contribution < 1.29 is 9.53 Å². The average molecular weight is 491 g/mol. The molecule has 0 aliphatic carbocycles. The van der Waals surface area contributed by atoms with Crippen molar-refractivity contribution in [1.82, 2.24) is 9.97 Å². The van der Waals surface area contributed by atoms with Gasteiger partial charge in [0, 0.05) is 37.3 Å². The number of nitrogens with zero attached hydrogens (tertiary/aromatic N) is 1. The number of H-pyrrole nitrogens is 1. The van der Waals surface area contributed by atoms with Gasteiger partial charge < -0.3 is 9.72 Å². The first-order valence-corrected chi connectivity index (χ1v) is 13.4. The van der Waals surface area contributed by atoms with E-state index < -0.39 is 11.0 Å². The number of esters is 1.